The Morgan fingerprint density at radius 3 is 2.17 bits per heavy atom. The largest absolute Gasteiger partial charge is 0.416 e. The first-order valence-corrected chi connectivity index (χ1v) is 10.3. The molecule has 14 heteroatoms. The maximum Gasteiger partial charge on any atom is 0.416 e. The van der Waals surface area contributed by atoms with Gasteiger partial charge in [-0.05, 0) is 25.1 Å². The molecule has 1 fully saturated rings. The summed E-state index contributed by atoms with van der Waals surface area (Å²) in [6.07, 6.45) is -4.86. The Labute approximate surface area is 199 Å². The van der Waals surface area contributed by atoms with Crippen LogP contribution >= 0.6 is 0 Å². The standard InChI is InChI=1S/C22H15F6N7O/c1-12-32-19(14-2-16(21(23,24)25)4-17(3-14)22(26,27)28)33-35(12)10-18(15-6-30-11-31-7-15)20(36)34-8-13(5-29)9-34/h2-4,6-7,10-11,13H,8-9H2,1H3. The van der Waals surface area contributed by atoms with E-state index in [0.717, 1.165) is 4.68 Å². The van der Waals surface area contributed by atoms with Crippen molar-refractivity contribution in [3.8, 4) is 17.5 Å². The molecule has 0 unspecified atom stereocenters. The second kappa shape index (κ2) is 9.06. The summed E-state index contributed by atoms with van der Waals surface area (Å²) in [6.45, 7) is 1.82. The number of likely N-dealkylation sites (tertiary alicyclic amines) is 1. The lowest BCUT2D eigenvalue weighted by molar-refractivity contribution is -0.143. The predicted molar refractivity (Wildman–Crippen MR) is 112 cm³/mol. The molecule has 0 aliphatic carbocycles. The number of alkyl halides is 6. The number of rotatable bonds is 4. The minimum atomic E-state index is -5.03. The van der Waals surface area contributed by atoms with Crippen molar-refractivity contribution in [3.05, 3.63) is 59.4 Å². The van der Waals surface area contributed by atoms with Crippen molar-refractivity contribution in [2.24, 2.45) is 5.92 Å². The predicted octanol–water partition coefficient (Wildman–Crippen LogP) is 4.06. The third-order valence-electron chi connectivity index (χ3n) is 5.35. The number of hydrogen-bond acceptors (Lipinski definition) is 6. The van der Waals surface area contributed by atoms with Gasteiger partial charge in [-0.2, -0.15) is 31.6 Å². The summed E-state index contributed by atoms with van der Waals surface area (Å²) in [5.41, 5.74) is -3.16. The molecule has 186 valence electrons. The zero-order chi connectivity index (χ0) is 26.3. The van der Waals surface area contributed by atoms with Crippen molar-refractivity contribution in [2.45, 2.75) is 19.3 Å². The highest BCUT2D eigenvalue weighted by molar-refractivity contribution is 6.23. The third-order valence-corrected chi connectivity index (χ3v) is 5.35. The average molecular weight is 507 g/mol. The van der Waals surface area contributed by atoms with Crippen LogP contribution in [0.15, 0.2) is 36.9 Å². The number of carbonyl (C=O) groups excluding carboxylic acids is 1. The van der Waals surface area contributed by atoms with E-state index in [0.29, 0.717) is 12.1 Å². The van der Waals surface area contributed by atoms with E-state index in [4.69, 9.17) is 5.26 Å². The van der Waals surface area contributed by atoms with E-state index < -0.39 is 40.8 Å². The van der Waals surface area contributed by atoms with Crippen molar-refractivity contribution in [3.63, 3.8) is 0 Å². The van der Waals surface area contributed by atoms with Crippen LogP contribution in [0, 0.1) is 24.2 Å². The lowest BCUT2D eigenvalue weighted by Gasteiger charge is -2.35. The van der Waals surface area contributed by atoms with E-state index in [1.54, 1.807) is 0 Å². The van der Waals surface area contributed by atoms with Gasteiger partial charge in [0.25, 0.3) is 5.91 Å². The number of hydrogen-bond donors (Lipinski definition) is 0. The van der Waals surface area contributed by atoms with Gasteiger partial charge < -0.3 is 4.90 Å². The zero-order valence-corrected chi connectivity index (χ0v) is 18.3. The normalized spacial score (nSPS) is 14.9. The molecule has 3 aromatic rings. The van der Waals surface area contributed by atoms with Gasteiger partial charge in [0.05, 0.1) is 28.7 Å². The molecular weight excluding hydrogens is 492 g/mol. The fraction of sp³-hybridized carbons (Fsp3) is 0.273. The molecular formula is C22H15F6N7O. The molecule has 1 aliphatic heterocycles. The van der Waals surface area contributed by atoms with Crippen LogP contribution in [0.3, 0.4) is 0 Å². The highest BCUT2D eigenvalue weighted by Crippen LogP contribution is 2.38. The second-order valence-corrected chi connectivity index (χ2v) is 7.93. The first-order valence-electron chi connectivity index (χ1n) is 10.3. The summed E-state index contributed by atoms with van der Waals surface area (Å²) in [5.74, 6) is -1.10. The van der Waals surface area contributed by atoms with Crippen LogP contribution in [0.5, 0.6) is 0 Å². The first kappa shape index (κ1) is 24.8. The van der Waals surface area contributed by atoms with Gasteiger partial charge in [-0.25, -0.2) is 19.6 Å². The number of carbonyl (C=O) groups is 1. The minimum Gasteiger partial charge on any atom is -0.336 e. The monoisotopic (exact) mass is 507 g/mol. The zero-order valence-electron chi connectivity index (χ0n) is 18.3. The lowest BCUT2D eigenvalue weighted by Crippen LogP contribution is -2.49. The molecule has 0 atom stereocenters. The summed E-state index contributed by atoms with van der Waals surface area (Å²) in [5, 5.41) is 13.0. The molecule has 1 aliphatic rings. The Morgan fingerprint density at radius 1 is 1.06 bits per heavy atom. The minimum absolute atomic E-state index is 0.0149. The fourth-order valence-corrected chi connectivity index (χ4v) is 3.44. The van der Waals surface area contributed by atoms with E-state index in [1.807, 2.05) is 6.07 Å². The van der Waals surface area contributed by atoms with Gasteiger partial charge >= 0.3 is 12.4 Å². The van der Waals surface area contributed by atoms with Crippen molar-refractivity contribution >= 4 is 17.7 Å². The Bertz CT molecular complexity index is 1330. The third kappa shape index (κ3) is 5.04. The highest BCUT2D eigenvalue weighted by atomic mass is 19.4. The number of benzene rings is 1. The van der Waals surface area contributed by atoms with E-state index in [2.05, 4.69) is 20.1 Å². The second-order valence-electron chi connectivity index (χ2n) is 7.93. The van der Waals surface area contributed by atoms with Gasteiger partial charge in [0.2, 0.25) is 0 Å². The summed E-state index contributed by atoms with van der Waals surface area (Å²) in [7, 11) is 0. The van der Waals surface area contributed by atoms with Crippen molar-refractivity contribution in [2.75, 3.05) is 13.1 Å². The van der Waals surface area contributed by atoms with Crippen LogP contribution in [0.25, 0.3) is 23.2 Å². The molecule has 0 radical (unpaired) electrons. The van der Waals surface area contributed by atoms with Crippen LogP contribution in [0.1, 0.15) is 22.5 Å². The van der Waals surface area contributed by atoms with Crippen LogP contribution in [-0.2, 0) is 17.1 Å². The van der Waals surface area contributed by atoms with E-state index >= 15 is 0 Å². The number of nitrogens with zero attached hydrogens (tertiary/aromatic N) is 7. The summed E-state index contributed by atoms with van der Waals surface area (Å²) in [4.78, 5) is 26.2. The number of amides is 1. The van der Waals surface area contributed by atoms with Crippen LogP contribution in [-0.4, -0.2) is 48.6 Å². The number of halogens is 6. The summed E-state index contributed by atoms with van der Waals surface area (Å²) < 4.78 is 80.6. The molecule has 0 spiro atoms. The number of nitriles is 1. The van der Waals surface area contributed by atoms with Gasteiger partial charge in [-0.1, -0.05) is 0 Å². The summed E-state index contributed by atoms with van der Waals surface area (Å²) in [6, 6.07) is 3.11. The molecule has 8 nitrogen and oxygen atoms in total. The van der Waals surface area contributed by atoms with Crippen LogP contribution in [0.4, 0.5) is 26.3 Å². The molecule has 4 rings (SSSR count). The average Bonchev–Trinajstić information content (AvgIpc) is 3.16. The van der Waals surface area contributed by atoms with Gasteiger partial charge in [-0.3, -0.25) is 4.79 Å². The molecule has 1 aromatic carbocycles. The number of aryl methyl sites for hydroxylation is 1. The molecule has 0 saturated carbocycles. The van der Waals surface area contributed by atoms with Gasteiger partial charge in [0.15, 0.2) is 5.82 Å². The summed E-state index contributed by atoms with van der Waals surface area (Å²) >= 11 is 0. The molecule has 0 N–H and O–H groups in total. The molecule has 1 amide bonds. The van der Waals surface area contributed by atoms with E-state index in [-0.39, 0.29) is 42.0 Å². The molecule has 36 heavy (non-hydrogen) atoms. The molecule has 1 saturated heterocycles. The van der Waals surface area contributed by atoms with Gasteiger partial charge in [0.1, 0.15) is 12.2 Å². The Kier molecular flexibility index (Phi) is 6.25. The smallest absolute Gasteiger partial charge is 0.336 e. The Morgan fingerprint density at radius 2 is 1.64 bits per heavy atom. The van der Waals surface area contributed by atoms with Crippen molar-refractivity contribution in [1.29, 1.82) is 5.26 Å². The molecule has 3 heterocycles. The first-order chi connectivity index (χ1) is 16.9. The van der Waals surface area contributed by atoms with Crippen molar-refractivity contribution in [1.82, 2.24) is 29.6 Å². The van der Waals surface area contributed by atoms with Crippen LogP contribution < -0.4 is 0 Å². The maximum atomic E-state index is 13.3. The van der Waals surface area contributed by atoms with E-state index in [9.17, 15) is 31.1 Å². The Balaban J connectivity index is 1.78. The topological polar surface area (TPSA) is 101 Å². The highest BCUT2D eigenvalue weighted by Gasteiger charge is 2.37. The SMILES string of the molecule is Cc1nc(-c2cc(C(F)(F)F)cc(C(F)(F)F)c2)nn1C=C(C(=O)N1CC(C#N)C1)c1cncnc1. The van der Waals surface area contributed by atoms with E-state index in [1.165, 1.54) is 36.7 Å². The fourth-order valence-electron chi connectivity index (χ4n) is 3.44. The van der Waals surface area contributed by atoms with Gasteiger partial charge in [-0.15, -0.1) is 5.10 Å². The maximum absolute atomic E-state index is 13.3. The molecule has 0 bridgehead atoms. The van der Waals surface area contributed by atoms with Gasteiger partial charge in [0, 0.05) is 42.8 Å². The quantitative estimate of drug-likeness (QED) is 0.390. The molecule has 2 aromatic heterocycles. The lowest BCUT2D eigenvalue weighted by atomic mass is 9.99. The Hall–Kier alpha value is -4.28. The van der Waals surface area contributed by atoms with Crippen molar-refractivity contribution < 1.29 is 31.1 Å². The van der Waals surface area contributed by atoms with Crippen LogP contribution in [0.2, 0.25) is 0 Å². The number of aromatic nitrogens is 5.